The van der Waals surface area contributed by atoms with Crippen LogP contribution in [0.5, 0.6) is 0 Å². The van der Waals surface area contributed by atoms with Crippen LogP contribution in [0.3, 0.4) is 0 Å². The Morgan fingerprint density at radius 2 is 2.12 bits per heavy atom. The van der Waals surface area contributed by atoms with E-state index in [0.29, 0.717) is 0 Å². The van der Waals surface area contributed by atoms with E-state index in [2.05, 4.69) is 11.1 Å². The summed E-state index contributed by atoms with van der Waals surface area (Å²) in [5.74, 6) is 0. The first-order valence-electron chi connectivity index (χ1n) is 6.07. The lowest BCUT2D eigenvalue weighted by Gasteiger charge is -2.13. The van der Waals surface area contributed by atoms with Crippen molar-refractivity contribution in [3.8, 4) is 0 Å². The number of aliphatic hydroxyl groups is 1. The first-order chi connectivity index (χ1) is 7.77. The van der Waals surface area contributed by atoms with E-state index in [-0.39, 0.29) is 0 Å². The molecule has 0 aromatic carbocycles. The van der Waals surface area contributed by atoms with Crippen LogP contribution in [-0.4, -0.2) is 10.1 Å². The summed E-state index contributed by atoms with van der Waals surface area (Å²) >= 11 is 0. The number of hydrogen-bond donors (Lipinski definition) is 1. The molecule has 2 rings (SSSR count). The fraction of sp³-hybridized carbons (Fsp3) is 0.500. The Labute approximate surface area is 97.0 Å². The van der Waals surface area contributed by atoms with Crippen molar-refractivity contribution in [2.45, 2.75) is 45.1 Å². The number of pyridine rings is 1. The molecule has 1 N–H and O–H groups in total. The smallest absolute Gasteiger partial charge is 0.117 e. The third-order valence-corrected chi connectivity index (χ3v) is 3.14. The second-order valence-corrected chi connectivity index (χ2v) is 4.54. The van der Waals surface area contributed by atoms with Gasteiger partial charge in [-0.2, -0.15) is 0 Å². The summed E-state index contributed by atoms with van der Waals surface area (Å²) in [5.41, 5.74) is 3.05. The molecule has 1 aliphatic carbocycles. The number of aliphatic hydroxyl groups excluding tert-OH is 1. The first-order valence-corrected chi connectivity index (χ1v) is 6.07. The van der Waals surface area contributed by atoms with Crippen LogP contribution in [0.1, 0.15) is 49.5 Å². The lowest BCUT2D eigenvalue weighted by molar-refractivity contribution is 0.206. The zero-order valence-electron chi connectivity index (χ0n) is 9.82. The average molecular weight is 217 g/mol. The van der Waals surface area contributed by atoms with E-state index < -0.39 is 6.10 Å². The van der Waals surface area contributed by atoms with E-state index in [1.165, 1.54) is 19.3 Å². The van der Waals surface area contributed by atoms with Gasteiger partial charge in [0.1, 0.15) is 6.10 Å². The van der Waals surface area contributed by atoms with E-state index in [1.807, 2.05) is 25.3 Å². The van der Waals surface area contributed by atoms with Crippen LogP contribution in [0.2, 0.25) is 0 Å². The molecule has 0 radical (unpaired) electrons. The van der Waals surface area contributed by atoms with Crippen LogP contribution in [0.4, 0.5) is 0 Å². The van der Waals surface area contributed by atoms with Crippen molar-refractivity contribution in [2.24, 2.45) is 0 Å². The highest BCUT2D eigenvalue weighted by molar-refractivity contribution is 5.22. The molecule has 1 heterocycles. The van der Waals surface area contributed by atoms with Crippen LogP contribution in [-0.2, 0) is 0 Å². The predicted molar refractivity (Wildman–Crippen MR) is 65.1 cm³/mol. The molecule has 1 atom stereocenters. The summed E-state index contributed by atoms with van der Waals surface area (Å²) < 4.78 is 0. The van der Waals surface area contributed by atoms with Gasteiger partial charge in [0.25, 0.3) is 0 Å². The molecule has 86 valence electrons. The van der Waals surface area contributed by atoms with Crippen LogP contribution in [0.25, 0.3) is 0 Å². The molecule has 1 aromatic rings. The van der Waals surface area contributed by atoms with Crippen molar-refractivity contribution in [3.05, 3.63) is 41.2 Å². The number of allylic oxidation sites excluding steroid dienone is 1. The second kappa shape index (κ2) is 5.26. The highest BCUT2D eigenvalue weighted by atomic mass is 16.3. The molecule has 16 heavy (non-hydrogen) atoms. The molecule has 1 unspecified atom stereocenters. The van der Waals surface area contributed by atoms with Gasteiger partial charge in [-0.1, -0.05) is 18.6 Å². The lowest BCUT2D eigenvalue weighted by Crippen LogP contribution is -2.03. The van der Waals surface area contributed by atoms with E-state index in [4.69, 9.17) is 0 Å². The molecule has 0 amide bonds. The maximum Gasteiger partial charge on any atom is 0.117 e. The minimum Gasteiger partial charge on any atom is -0.382 e. The fourth-order valence-corrected chi connectivity index (χ4v) is 2.12. The van der Waals surface area contributed by atoms with Crippen LogP contribution < -0.4 is 0 Å². The first kappa shape index (κ1) is 11.3. The van der Waals surface area contributed by atoms with Gasteiger partial charge in [0.15, 0.2) is 0 Å². The van der Waals surface area contributed by atoms with Crippen LogP contribution in [0.15, 0.2) is 30.0 Å². The van der Waals surface area contributed by atoms with E-state index in [9.17, 15) is 5.11 Å². The van der Waals surface area contributed by atoms with E-state index in [1.54, 1.807) is 0 Å². The monoisotopic (exact) mass is 217 g/mol. The molecular formula is C14H19NO. The minimum absolute atomic E-state index is 0.501. The molecule has 0 bridgehead atoms. The highest BCUT2D eigenvalue weighted by Gasteiger charge is 2.15. The molecule has 0 fully saturated rings. The Balaban J connectivity index is 2.14. The predicted octanol–water partition coefficient (Wildman–Crippen LogP) is 3.31. The van der Waals surface area contributed by atoms with Crippen molar-refractivity contribution in [2.75, 3.05) is 0 Å². The number of nitrogens with zero attached hydrogens (tertiary/aromatic N) is 1. The maximum atomic E-state index is 10.2. The van der Waals surface area contributed by atoms with E-state index >= 15 is 0 Å². The Morgan fingerprint density at radius 3 is 2.88 bits per heavy atom. The van der Waals surface area contributed by atoms with E-state index in [0.717, 1.165) is 29.7 Å². The summed E-state index contributed by atoms with van der Waals surface area (Å²) in [6, 6.07) is 3.93. The molecule has 0 saturated heterocycles. The number of aromatic nitrogens is 1. The second-order valence-electron chi connectivity index (χ2n) is 4.54. The van der Waals surface area contributed by atoms with Gasteiger partial charge in [-0.25, -0.2) is 0 Å². The van der Waals surface area contributed by atoms with Crippen molar-refractivity contribution in [1.29, 1.82) is 0 Å². The molecule has 2 heteroatoms. The number of rotatable bonds is 2. The lowest BCUT2D eigenvalue weighted by atomic mass is 10.0. The van der Waals surface area contributed by atoms with Gasteiger partial charge >= 0.3 is 0 Å². The Hall–Kier alpha value is -1.15. The zero-order valence-corrected chi connectivity index (χ0v) is 9.82. The van der Waals surface area contributed by atoms with Gasteiger partial charge in [0.05, 0.1) is 5.69 Å². The third kappa shape index (κ3) is 2.70. The van der Waals surface area contributed by atoms with Crippen molar-refractivity contribution >= 4 is 0 Å². The summed E-state index contributed by atoms with van der Waals surface area (Å²) in [6.45, 7) is 2.01. The third-order valence-electron chi connectivity index (χ3n) is 3.14. The molecule has 2 nitrogen and oxygen atoms in total. The van der Waals surface area contributed by atoms with Crippen LogP contribution in [0, 0.1) is 6.92 Å². The topological polar surface area (TPSA) is 33.1 Å². The minimum atomic E-state index is -0.501. The normalized spacial score (nSPS) is 18.8. The van der Waals surface area contributed by atoms with Crippen LogP contribution >= 0.6 is 0 Å². The molecule has 0 saturated carbocycles. The zero-order chi connectivity index (χ0) is 11.4. The number of aryl methyl sites for hydroxylation is 1. The SMILES string of the molecule is Cc1ccc(C(O)C2=CCCCCC2)nc1. The van der Waals surface area contributed by atoms with Gasteiger partial charge < -0.3 is 5.11 Å². The molecule has 1 aliphatic rings. The van der Waals surface area contributed by atoms with Gasteiger partial charge in [-0.05, 0) is 49.8 Å². The average Bonchev–Trinajstić information content (AvgIpc) is 2.57. The maximum absolute atomic E-state index is 10.2. The van der Waals surface area contributed by atoms with Crippen molar-refractivity contribution < 1.29 is 5.11 Å². The van der Waals surface area contributed by atoms with Gasteiger partial charge in [-0.15, -0.1) is 0 Å². The summed E-state index contributed by atoms with van der Waals surface area (Å²) in [4.78, 5) is 4.29. The summed E-state index contributed by atoms with van der Waals surface area (Å²) in [6.07, 6.45) is 9.32. The Kier molecular flexibility index (Phi) is 3.73. The molecule has 1 aromatic heterocycles. The Bertz CT molecular complexity index is 367. The molecule has 0 aliphatic heterocycles. The quantitative estimate of drug-likeness (QED) is 0.771. The summed E-state index contributed by atoms with van der Waals surface area (Å²) in [7, 11) is 0. The summed E-state index contributed by atoms with van der Waals surface area (Å²) in [5, 5.41) is 10.2. The largest absolute Gasteiger partial charge is 0.382 e. The molecule has 0 spiro atoms. The van der Waals surface area contributed by atoms with Crippen molar-refractivity contribution in [3.63, 3.8) is 0 Å². The Morgan fingerprint density at radius 1 is 1.25 bits per heavy atom. The number of hydrogen-bond acceptors (Lipinski definition) is 2. The standard InChI is InChI=1S/C14H19NO/c1-11-8-9-13(15-10-11)14(16)12-6-4-2-3-5-7-12/h6,8-10,14,16H,2-5,7H2,1H3. The van der Waals surface area contributed by atoms with Gasteiger partial charge in [0.2, 0.25) is 0 Å². The van der Waals surface area contributed by atoms with Gasteiger partial charge in [-0.3, -0.25) is 4.98 Å². The molecular weight excluding hydrogens is 198 g/mol. The van der Waals surface area contributed by atoms with Crippen molar-refractivity contribution in [1.82, 2.24) is 4.98 Å². The van der Waals surface area contributed by atoms with Gasteiger partial charge in [0, 0.05) is 6.20 Å². The highest BCUT2D eigenvalue weighted by Crippen LogP contribution is 2.27. The fourth-order valence-electron chi connectivity index (χ4n) is 2.12.